The highest BCUT2D eigenvalue weighted by Gasteiger charge is 2.34. The second-order valence-corrected chi connectivity index (χ2v) is 5.02. The van der Waals surface area contributed by atoms with E-state index in [9.17, 15) is 20.0 Å². The summed E-state index contributed by atoms with van der Waals surface area (Å²) in [6.07, 6.45) is -0.310. The maximum absolute atomic E-state index is 12.2. The zero-order valence-electron chi connectivity index (χ0n) is 11.9. The molecule has 0 spiro atoms. The minimum Gasteiger partial charge on any atom is -0.461 e. The molecule has 0 aliphatic carbocycles. The number of aliphatic hydroxyl groups excluding tert-OH is 1. The summed E-state index contributed by atoms with van der Waals surface area (Å²) < 4.78 is 15.4. The lowest BCUT2D eigenvalue weighted by atomic mass is 9.90. The van der Waals surface area contributed by atoms with E-state index in [1.54, 1.807) is 12.1 Å². The van der Waals surface area contributed by atoms with Gasteiger partial charge in [0.2, 0.25) is 19.1 Å². The largest absolute Gasteiger partial charge is 0.461 e. The van der Waals surface area contributed by atoms with Crippen LogP contribution in [0, 0.1) is 10.1 Å². The van der Waals surface area contributed by atoms with Crippen molar-refractivity contribution in [2.75, 3.05) is 13.3 Å². The number of nitro groups is 1. The van der Waals surface area contributed by atoms with E-state index in [4.69, 9.17) is 13.9 Å². The first-order valence-electron chi connectivity index (χ1n) is 6.83. The standard InChI is InChI=1S/C15H13NO7/c17-14(15(18)12-2-1-5-21-12)10(7-16(19)20)9-3-4-11-13(6-9)23-8-22-11/h1-6,10,14,17H,7-8H2/t10-,14+/m1/s1. The maximum Gasteiger partial charge on any atom is 0.231 e. The number of aliphatic hydroxyl groups is 1. The van der Waals surface area contributed by atoms with Gasteiger partial charge in [-0.3, -0.25) is 14.9 Å². The smallest absolute Gasteiger partial charge is 0.231 e. The zero-order chi connectivity index (χ0) is 16.4. The molecule has 0 radical (unpaired) electrons. The number of carbonyl (C=O) groups excluding carboxylic acids is 1. The zero-order valence-corrected chi connectivity index (χ0v) is 11.9. The number of fused-ring (bicyclic) bond motifs is 1. The Kier molecular flexibility index (Phi) is 3.98. The van der Waals surface area contributed by atoms with Gasteiger partial charge in [0.1, 0.15) is 6.10 Å². The van der Waals surface area contributed by atoms with E-state index in [0.717, 1.165) is 0 Å². The van der Waals surface area contributed by atoms with E-state index in [1.807, 2.05) is 0 Å². The molecule has 2 aromatic rings. The van der Waals surface area contributed by atoms with E-state index < -0.39 is 29.3 Å². The molecule has 8 heteroatoms. The summed E-state index contributed by atoms with van der Waals surface area (Å²) in [6.45, 7) is -0.542. The van der Waals surface area contributed by atoms with Crippen LogP contribution in [-0.2, 0) is 0 Å². The number of ketones is 1. The van der Waals surface area contributed by atoms with Crippen molar-refractivity contribution in [3.63, 3.8) is 0 Å². The van der Waals surface area contributed by atoms with Crippen molar-refractivity contribution in [3.8, 4) is 11.5 Å². The predicted molar refractivity (Wildman–Crippen MR) is 76.2 cm³/mol. The maximum atomic E-state index is 12.2. The van der Waals surface area contributed by atoms with Crippen molar-refractivity contribution >= 4 is 5.78 Å². The van der Waals surface area contributed by atoms with Gasteiger partial charge in [0.15, 0.2) is 17.3 Å². The second kappa shape index (κ2) is 6.09. The van der Waals surface area contributed by atoms with Crippen molar-refractivity contribution in [1.29, 1.82) is 0 Å². The van der Waals surface area contributed by atoms with E-state index in [2.05, 4.69) is 0 Å². The summed E-state index contributed by atoms with van der Waals surface area (Å²) in [4.78, 5) is 22.6. The molecular formula is C15H13NO7. The summed E-state index contributed by atoms with van der Waals surface area (Å²) >= 11 is 0. The Hall–Kier alpha value is -2.87. The number of Topliss-reactive ketones (excluding diaryl/α,β-unsaturated/α-hetero) is 1. The number of nitrogens with zero attached hydrogens (tertiary/aromatic N) is 1. The summed E-state index contributed by atoms with van der Waals surface area (Å²) in [5.74, 6) is -0.850. The molecule has 2 heterocycles. The molecule has 0 amide bonds. The molecule has 0 saturated heterocycles. The summed E-state index contributed by atoms with van der Waals surface area (Å²) in [5, 5.41) is 21.2. The van der Waals surface area contributed by atoms with Crippen molar-refractivity contribution < 1.29 is 28.7 Å². The van der Waals surface area contributed by atoms with Gasteiger partial charge >= 0.3 is 0 Å². The number of furan rings is 1. The molecule has 3 rings (SSSR count). The van der Waals surface area contributed by atoms with Crippen LogP contribution in [0.25, 0.3) is 0 Å². The minimum absolute atomic E-state index is 0.0495. The molecule has 1 aromatic carbocycles. The normalized spacial score (nSPS) is 15.2. The van der Waals surface area contributed by atoms with E-state index >= 15 is 0 Å². The van der Waals surface area contributed by atoms with Gasteiger partial charge in [-0.15, -0.1) is 0 Å². The molecule has 0 fully saturated rings. The van der Waals surface area contributed by atoms with Crippen molar-refractivity contribution in [2.45, 2.75) is 12.0 Å². The topological polar surface area (TPSA) is 112 Å². The number of carbonyl (C=O) groups is 1. The third-order valence-electron chi connectivity index (χ3n) is 3.58. The van der Waals surface area contributed by atoms with Gasteiger partial charge in [-0.2, -0.15) is 0 Å². The van der Waals surface area contributed by atoms with Crippen molar-refractivity contribution in [1.82, 2.24) is 0 Å². The first-order valence-corrected chi connectivity index (χ1v) is 6.83. The van der Waals surface area contributed by atoms with Crippen molar-refractivity contribution in [2.24, 2.45) is 0 Å². The van der Waals surface area contributed by atoms with Crippen LogP contribution in [-0.4, -0.2) is 35.3 Å². The van der Waals surface area contributed by atoms with Crippen LogP contribution >= 0.6 is 0 Å². The van der Waals surface area contributed by atoms with Crippen molar-refractivity contribution in [3.05, 3.63) is 58.0 Å². The van der Waals surface area contributed by atoms with Gasteiger partial charge in [-0.05, 0) is 29.8 Å². The van der Waals surface area contributed by atoms with Crippen LogP contribution < -0.4 is 9.47 Å². The second-order valence-electron chi connectivity index (χ2n) is 5.02. The number of ether oxygens (including phenoxy) is 2. The fourth-order valence-electron chi connectivity index (χ4n) is 2.44. The van der Waals surface area contributed by atoms with Crippen LogP contribution in [0.4, 0.5) is 0 Å². The Labute approximate surface area is 130 Å². The monoisotopic (exact) mass is 319 g/mol. The Morgan fingerprint density at radius 2 is 2.09 bits per heavy atom. The molecular weight excluding hydrogens is 306 g/mol. The highest BCUT2D eigenvalue weighted by molar-refractivity contribution is 5.97. The van der Waals surface area contributed by atoms with Gasteiger partial charge < -0.3 is 19.0 Å². The van der Waals surface area contributed by atoms with Gasteiger partial charge in [0.05, 0.1) is 12.2 Å². The summed E-state index contributed by atoms with van der Waals surface area (Å²) in [7, 11) is 0. The fourth-order valence-corrected chi connectivity index (χ4v) is 2.44. The highest BCUT2D eigenvalue weighted by Crippen LogP contribution is 2.35. The van der Waals surface area contributed by atoms with Gasteiger partial charge in [0.25, 0.3) is 0 Å². The van der Waals surface area contributed by atoms with Gasteiger partial charge in [0, 0.05) is 4.92 Å². The molecule has 2 atom stereocenters. The Bertz CT molecular complexity index is 725. The lowest BCUT2D eigenvalue weighted by Gasteiger charge is -2.18. The Morgan fingerprint density at radius 1 is 1.30 bits per heavy atom. The number of hydrogen-bond acceptors (Lipinski definition) is 7. The van der Waals surface area contributed by atoms with Crippen LogP contribution in [0.3, 0.4) is 0 Å². The Morgan fingerprint density at radius 3 is 2.78 bits per heavy atom. The van der Waals surface area contributed by atoms with Gasteiger partial charge in [-0.25, -0.2) is 0 Å². The predicted octanol–water partition coefficient (Wildman–Crippen LogP) is 1.61. The third kappa shape index (κ3) is 3.02. The van der Waals surface area contributed by atoms with Crippen LogP contribution in [0.5, 0.6) is 11.5 Å². The SMILES string of the molecule is O=C(c1ccco1)[C@@H](O)[C@H](C[N+](=O)[O-])c1ccc2c(c1)OCO2. The molecule has 0 bridgehead atoms. The first kappa shape index (κ1) is 15.0. The fraction of sp³-hybridized carbons (Fsp3) is 0.267. The quantitative estimate of drug-likeness (QED) is 0.489. The summed E-state index contributed by atoms with van der Waals surface area (Å²) in [5.41, 5.74) is 0.415. The van der Waals surface area contributed by atoms with E-state index in [0.29, 0.717) is 17.1 Å². The lowest BCUT2D eigenvalue weighted by molar-refractivity contribution is -0.484. The van der Waals surface area contributed by atoms with Crippen LogP contribution in [0.2, 0.25) is 0 Å². The average molecular weight is 319 g/mol. The average Bonchev–Trinajstić information content (AvgIpc) is 3.21. The minimum atomic E-state index is -1.60. The molecule has 1 N–H and O–H groups in total. The number of hydrogen-bond donors (Lipinski definition) is 1. The van der Waals surface area contributed by atoms with Gasteiger partial charge in [-0.1, -0.05) is 6.07 Å². The molecule has 8 nitrogen and oxygen atoms in total. The Balaban J connectivity index is 1.91. The van der Waals surface area contributed by atoms with E-state index in [1.165, 1.54) is 24.5 Å². The molecule has 1 aliphatic heterocycles. The molecule has 0 unspecified atom stereocenters. The molecule has 23 heavy (non-hydrogen) atoms. The highest BCUT2D eigenvalue weighted by atomic mass is 16.7. The molecule has 1 aliphatic rings. The third-order valence-corrected chi connectivity index (χ3v) is 3.58. The summed E-state index contributed by atoms with van der Waals surface area (Å²) in [6, 6.07) is 7.60. The van der Waals surface area contributed by atoms with Crippen LogP contribution in [0.1, 0.15) is 22.0 Å². The number of benzene rings is 1. The van der Waals surface area contributed by atoms with Crippen LogP contribution in [0.15, 0.2) is 41.0 Å². The lowest BCUT2D eigenvalue weighted by Crippen LogP contribution is -2.32. The first-order chi connectivity index (χ1) is 11.1. The molecule has 1 aromatic heterocycles. The van der Waals surface area contributed by atoms with E-state index in [-0.39, 0.29) is 12.6 Å². The molecule has 0 saturated carbocycles. The molecule has 120 valence electrons. The number of rotatable bonds is 6.